The summed E-state index contributed by atoms with van der Waals surface area (Å²) in [5, 5.41) is 16.9. The molecular weight excluding hydrogens is 210 g/mol. The van der Waals surface area contributed by atoms with Gasteiger partial charge in [0.15, 0.2) is 0 Å². The highest BCUT2D eigenvalue weighted by atomic mass is 32.2. The van der Waals surface area contributed by atoms with Crippen molar-refractivity contribution in [3.05, 3.63) is 5.89 Å². The lowest BCUT2D eigenvalue weighted by Gasteiger charge is -2.17. The zero-order valence-corrected chi connectivity index (χ0v) is 9.29. The van der Waals surface area contributed by atoms with E-state index >= 15 is 0 Å². The van der Waals surface area contributed by atoms with Gasteiger partial charge in [-0.25, -0.2) is 0 Å². The molecule has 1 heterocycles. The standard InChI is InChI=1S/C10H13N3OS/c11-6-7-15-10-13-12-9(14-10)8-4-2-1-3-5-8/h8H,1-5,7H2. The Morgan fingerprint density at radius 3 is 2.87 bits per heavy atom. The van der Waals surface area contributed by atoms with Gasteiger partial charge in [0.25, 0.3) is 5.22 Å². The van der Waals surface area contributed by atoms with Crippen LogP contribution in [0.1, 0.15) is 43.9 Å². The minimum Gasteiger partial charge on any atom is -0.416 e. The summed E-state index contributed by atoms with van der Waals surface area (Å²) in [6.45, 7) is 0. The number of aromatic nitrogens is 2. The Labute approximate surface area is 93.1 Å². The van der Waals surface area contributed by atoms with Gasteiger partial charge in [-0.3, -0.25) is 0 Å². The largest absolute Gasteiger partial charge is 0.416 e. The van der Waals surface area contributed by atoms with Crippen LogP contribution in [0.4, 0.5) is 0 Å². The van der Waals surface area contributed by atoms with Crippen molar-refractivity contribution < 1.29 is 4.42 Å². The van der Waals surface area contributed by atoms with Gasteiger partial charge in [-0.15, -0.1) is 10.2 Å². The van der Waals surface area contributed by atoms with Crippen LogP contribution in [0.5, 0.6) is 0 Å². The summed E-state index contributed by atoms with van der Waals surface area (Å²) >= 11 is 1.30. The Hall–Kier alpha value is -1.02. The van der Waals surface area contributed by atoms with Crippen LogP contribution in [0.3, 0.4) is 0 Å². The second kappa shape index (κ2) is 5.17. The summed E-state index contributed by atoms with van der Waals surface area (Å²) in [5.41, 5.74) is 0. The molecule has 0 N–H and O–H groups in total. The maximum Gasteiger partial charge on any atom is 0.277 e. The molecule has 4 nitrogen and oxygen atoms in total. The van der Waals surface area contributed by atoms with E-state index in [2.05, 4.69) is 10.2 Å². The van der Waals surface area contributed by atoms with Gasteiger partial charge in [0, 0.05) is 5.92 Å². The van der Waals surface area contributed by atoms with E-state index in [4.69, 9.17) is 9.68 Å². The van der Waals surface area contributed by atoms with Crippen molar-refractivity contribution in [2.45, 2.75) is 43.2 Å². The minimum atomic E-state index is 0.367. The van der Waals surface area contributed by atoms with Gasteiger partial charge in [-0.2, -0.15) is 5.26 Å². The molecule has 0 saturated heterocycles. The van der Waals surface area contributed by atoms with E-state index in [1.807, 2.05) is 6.07 Å². The first-order chi connectivity index (χ1) is 7.40. The van der Waals surface area contributed by atoms with E-state index in [1.165, 1.54) is 31.0 Å². The summed E-state index contributed by atoms with van der Waals surface area (Å²) in [5.74, 6) is 1.57. The second-order valence-electron chi connectivity index (χ2n) is 3.69. The molecule has 5 heteroatoms. The Morgan fingerprint density at radius 1 is 1.33 bits per heavy atom. The number of hydrogen-bond acceptors (Lipinski definition) is 5. The Bertz CT molecular complexity index is 352. The molecule has 0 radical (unpaired) electrons. The van der Waals surface area contributed by atoms with Crippen LogP contribution >= 0.6 is 11.8 Å². The number of rotatable bonds is 3. The van der Waals surface area contributed by atoms with Gasteiger partial charge < -0.3 is 4.42 Å². The smallest absolute Gasteiger partial charge is 0.277 e. The quantitative estimate of drug-likeness (QED) is 0.737. The van der Waals surface area contributed by atoms with E-state index in [0.29, 0.717) is 16.9 Å². The molecule has 0 amide bonds. The molecular formula is C10H13N3OS. The van der Waals surface area contributed by atoms with Crippen LogP contribution in [0, 0.1) is 11.3 Å². The van der Waals surface area contributed by atoms with E-state index < -0.39 is 0 Å². The summed E-state index contributed by atoms with van der Waals surface area (Å²) in [6.07, 6.45) is 6.15. The molecule has 1 aromatic rings. The molecule has 1 fully saturated rings. The molecule has 0 aliphatic heterocycles. The summed E-state index contributed by atoms with van der Waals surface area (Å²) in [6, 6.07) is 2.04. The molecule has 0 bridgehead atoms. The van der Waals surface area contributed by atoms with Gasteiger partial charge in [0.2, 0.25) is 5.89 Å². The van der Waals surface area contributed by atoms with Crippen molar-refractivity contribution in [3.63, 3.8) is 0 Å². The number of thioether (sulfide) groups is 1. The molecule has 1 saturated carbocycles. The van der Waals surface area contributed by atoms with Crippen molar-refractivity contribution in [2.75, 3.05) is 5.75 Å². The highest BCUT2D eigenvalue weighted by Crippen LogP contribution is 2.32. The Balaban J connectivity index is 1.96. The molecule has 0 spiro atoms. The van der Waals surface area contributed by atoms with Crippen LogP contribution in [0.2, 0.25) is 0 Å². The highest BCUT2D eigenvalue weighted by Gasteiger charge is 2.21. The average Bonchev–Trinajstić information content (AvgIpc) is 2.76. The molecule has 1 aromatic heterocycles. The van der Waals surface area contributed by atoms with E-state index in [0.717, 1.165) is 18.7 Å². The number of nitriles is 1. The topological polar surface area (TPSA) is 62.7 Å². The third-order valence-electron chi connectivity index (χ3n) is 2.64. The summed E-state index contributed by atoms with van der Waals surface area (Å²) < 4.78 is 5.51. The van der Waals surface area contributed by atoms with Crippen molar-refractivity contribution in [1.82, 2.24) is 10.2 Å². The van der Waals surface area contributed by atoms with Crippen molar-refractivity contribution >= 4 is 11.8 Å². The average molecular weight is 223 g/mol. The lowest BCUT2D eigenvalue weighted by Crippen LogP contribution is -2.04. The van der Waals surface area contributed by atoms with Crippen molar-refractivity contribution in [2.24, 2.45) is 0 Å². The van der Waals surface area contributed by atoms with Crippen LogP contribution in [-0.4, -0.2) is 16.0 Å². The fourth-order valence-electron chi connectivity index (χ4n) is 1.89. The zero-order valence-electron chi connectivity index (χ0n) is 8.48. The van der Waals surface area contributed by atoms with Crippen LogP contribution < -0.4 is 0 Å². The first-order valence-corrected chi connectivity index (χ1v) is 6.22. The third kappa shape index (κ3) is 2.72. The molecule has 0 unspecified atom stereocenters. The number of nitrogens with zero attached hydrogens (tertiary/aromatic N) is 3. The van der Waals surface area contributed by atoms with Gasteiger partial charge in [-0.05, 0) is 12.8 Å². The summed E-state index contributed by atoms with van der Waals surface area (Å²) in [7, 11) is 0. The second-order valence-corrected chi connectivity index (χ2v) is 4.61. The lowest BCUT2D eigenvalue weighted by atomic mass is 9.89. The third-order valence-corrected chi connectivity index (χ3v) is 3.32. The van der Waals surface area contributed by atoms with Crippen molar-refractivity contribution in [3.8, 4) is 6.07 Å². The zero-order chi connectivity index (χ0) is 10.5. The summed E-state index contributed by atoms with van der Waals surface area (Å²) in [4.78, 5) is 0. The van der Waals surface area contributed by atoms with E-state index in [-0.39, 0.29) is 0 Å². The molecule has 15 heavy (non-hydrogen) atoms. The molecule has 1 aliphatic rings. The van der Waals surface area contributed by atoms with Gasteiger partial charge >= 0.3 is 0 Å². The maximum atomic E-state index is 8.42. The van der Waals surface area contributed by atoms with Crippen LogP contribution in [0.25, 0.3) is 0 Å². The fraction of sp³-hybridized carbons (Fsp3) is 0.700. The first-order valence-electron chi connectivity index (χ1n) is 5.23. The van der Waals surface area contributed by atoms with Crippen LogP contribution in [-0.2, 0) is 0 Å². The molecule has 1 aliphatic carbocycles. The highest BCUT2D eigenvalue weighted by molar-refractivity contribution is 7.99. The monoisotopic (exact) mass is 223 g/mol. The van der Waals surface area contributed by atoms with Crippen LogP contribution in [0.15, 0.2) is 9.64 Å². The SMILES string of the molecule is N#CCSc1nnc(C2CCCCC2)o1. The first kappa shape index (κ1) is 10.5. The van der Waals surface area contributed by atoms with Crippen molar-refractivity contribution in [1.29, 1.82) is 5.26 Å². The van der Waals surface area contributed by atoms with Gasteiger partial charge in [0.1, 0.15) is 0 Å². The molecule has 0 aromatic carbocycles. The fourth-order valence-corrected chi connectivity index (χ4v) is 2.32. The van der Waals surface area contributed by atoms with E-state index in [9.17, 15) is 0 Å². The Morgan fingerprint density at radius 2 is 2.13 bits per heavy atom. The minimum absolute atomic E-state index is 0.367. The Kier molecular flexibility index (Phi) is 3.62. The van der Waals surface area contributed by atoms with Gasteiger partial charge in [-0.1, -0.05) is 31.0 Å². The number of hydrogen-bond donors (Lipinski definition) is 0. The predicted molar refractivity (Wildman–Crippen MR) is 56.5 cm³/mol. The van der Waals surface area contributed by atoms with Gasteiger partial charge in [0.05, 0.1) is 11.8 Å². The molecule has 0 atom stereocenters. The predicted octanol–water partition coefficient (Wildman–Crippen LogP) is 2.73. The molecule has 80 valence electrons. The maximum absolute atomic E-state index is 8.42. The normalized spacial score (nSPS) is 17.5. The van der Waals surface area contributed by atoms with E-state index in [1.54, 1.807) is 0 Å². The lowest BCUT2D eigenvalue weighted by molar-refractivity contribution is 0.334. The molecule has 2 rings (SSSR count).